The number of nitrogens with zero attached hydrogens (tertiary/aromatic N) is 3. The Morgan fingerprint density at radius 3 is 2.56 bits per heavy atom. The number of amides is 1. The number of amidine groups is 1. The van der Waals surface area contributed by atoms with E-state index in [4.69, 9.17) is 4.74 Å². The van der Waals surface area contributed by atoms with Gasteiger partial charge in [-0.05, 0) is 42.0 Å². The number of ether oxygens (including phenoxy) is 1. The maximum atomic E-state index is 12.6. The van der Waals surface area contributed by atoms with E-state index < -0.39 is 11.2 Å². The zero-order valence-electron chi connectivity index (χ0n) is 14.4. The highest BCUT2D eigenvalue weighted by molar-refractivity contribution is 8.16. The Kier molecular flexibility index (Phi) is 5.87. The number of thioether (sulfide) groups is 1. The number of rotatable bonds is 6. The maximum absolute atomic E-state index is 12.6. The van der Waals surface area contributed by atoms with Crippen LogP contribution < -0.4 is 14.7 Å². The smallest absolute Gasteiger partial charge is 0.247 e. The summed E-state index contributed by atoms with van der Waals surface area (Å²) in [6.07, 6.45) is 1.17. The number of hydrogen-bond acceptors (Lipinski definition) is 7. The van der Waals surface area contributed by atoms with Gasteiger partial charge in [0.25, 0.3) is 0 Å². The third-order valence-electron chi connectivity index (χ3n) is 3.77. The summed E-state index contributed by atoms with van der Waals surface area (Å²) in [7, 11) is 1.59. The predicted molar refractivity (Wildman–Crippen MR) is 103 cm³/mol. The molecule has 8 heteroatoms. The summed E-state index contributed by atoms with van der Waals surface area (Å²) in [5.41, 5.74) is 1.42. The van der Waals surface area contributed by atoms with Crippen molar-refractivity contribution in [2.75, 3.05) is 12.0 Å². The normalized spacial score (nSPS) is 18.4. The van der Waals surface area contributed by atoms with Gasteiger partial charge in [0, 0.05) is 12.4 Å². The molecule has 1 saturated heterocycles. The zero-order chi connectivity index (χ0) is 19.2. The second kappa shape index (κ2) is 8.50. The number of methoxy groups -OCH3 is 1. The molecule has 1 aliphatic rings. The van der Waals surface area contributed by atoms with Gasteiger partial charge in [-0.25, -0.2) is 0 Å². The first-order valence-corrected chi connectivity index (χ1v) is 8.97. The van der Waals surface area contributed by atoms with Gasteiger partial charge in [-0.15, -0.1) is 5.10 Å². The maximum Gasteiger partial charge on any atom is 0.247 e. The molecule has 1 heterocycles. The minimum absolute atomic E-state index is 0.321. The lowest BCUT2D eigenvalue weighted by atomic mass is 10.2. The van der Waals surface area contributed by atoms with Crippen molar-refractivity contribution in [3.63, 3.8) is 0 Å². The van der Waals surface area contributed by atoms with Crippen molar-refractivity contribution in [2.24, 2.45) is 10.2 Å². The second-order valence-corrected chi connectivity index (χ2v) is 6.76. The van der Waals surface area contributed by atoms with Crippen LogP contribution >= 0.6 is 11.8 Å². The van der Waals surface area contributed by atoms with Gasteiger partial charge in [0.2, 0.25) is 5.91 Å². The summed E-state index contributed by atoms with van der Waals surface area (Å²) < 4.78 is 5.10. The Labute approximate surface area is 160 Å². The van der Waals surface area contributed by atoms with Crippen molar-refractivity contribution in [1.82, 2.24) is 0 Å². The van der Waals surface area contributed by atoms with Crippen LogP contribution in [0.3, 0.4) is 0 Å². The number of para-hydroxylation sites is 1. The number of aliphatic carboxylic acids is 1. The van der Waals surface area contributed by atoms with Gasteiger partial charge < -0.3 is 14.6 Å². The summed E-state index contributed by atoms with van der Waals surface area (Å²) in [6.45, 7) is 0. The van der Waals surface area contributed by atoms with E-state index in [1.807, 2.05) is 18.2 Å². The molecule has 0 N–H and O–H groups in total. The van der Waals surface area contributed by atoms with Crippen molar-refractivity contribution < 1.29 is 19.4 Å². The van der Waals surface area contributed by atoms with Crippen LogP contribution in [0.5, 0.6) is 5.75 Å². The molecule has 0 bridgehead atoms. The molecule has 0 radical (unpaired) electrons. The summed E-state index contributed by atoms with van der Waals surface area (Å²) in [6, 6.07) is 16.2. The Balaban J connectivity index is 1.85. The predicted octanol–water partition coefficient (Wildman–Crippen LogP) is 1.67. The average Bonchev–Trinajstić information content (AvgIpc) is 2.97. The van der Waals surface area contributed by atoms with Gasteiger partial charge >= 0.3 is 0 Å². The minimum Gasteiger partial charge on any atom is -0.550 e. The number of hydrogen-bond donors (Lipinski definition) is 0. The van der Waals surface area contributed by atoms with E-state index >= 15 is 0 Å². The summed E-state index contributed by atoms with van der Waals surface area (Å²) in [5.74, 6) is -0.901. The van der Waals surface area contributed by atoms with Crippen molar-refractivity contribution in [2.45, 2.75) is 11.7 Å². The van der Waals surface area contributed by atoms with Crippen molar-refractivity contribution in [3.05, 3.63) is 60.2 Å². The summed E-state index contributed by atoms with van der Waals surface area (Å²) in [5, 5.41) is 18.6. The quantitative estimate of drug-likeness (QED) is 0.560. The topological polar surface area (TPSA) is 94.4 Å². The summed E-state index contributed by atoms with van der Waals surface area (Å²) >= 11 is 1.06. The van der Waals surface area contributed by atoms with Crippen LogP contribution in [0.4, 0.5) is 5.69 Å². The Morgan fingerprint density at radius 1 is 1.22 bits per heavy atom. The lowest BCUT2D eigenvalue weighted by Gasteiger charge is -2.15. The third kappa shape index (κ3) is 4.53. The molecule has 27 heavy (non-hydrogen) atoms. The molecular weight excluding hydrogens is 366 g/mol. The highest BCUT2D eigenvalue weighted by Gasteiger charge is 2.39. The largest absolute Gasteiger partial charge is 0.550 e. The molecule has 0 aromatic heterocycles. The molecule has 1 aliphatic heterocycles. The van der Waals surface area contributed by atoms with Crippen LogP contribution in [0.2, 0.25) is 0 Å². The molecule has 2 aromatic rings. The first-order chi connectivity index (χ1) is 13.1. The molecule has 0 unspecified atom stereocenters. The van der Waals surface area contributed by atoms with Gasteiger partial charge in [-0.3, -0.25) is 9.69 Å². The first-order valence-electron chi connectivity index (χ1n) is 8.09. The second-order valence-electron chi connectivity index (χ2n) is 5.59. The van der Waals surface area contributed by atoms with Crippen LogP contribution in [0.25, 0.3) is 0 Å². The van der Waals surface area contributed by atoms with Crippen LogP contribution in [0.1, 0.15) is 12.0 Å². The fourth-order valence-electron chi connectivity index (χ4n) is 2.47. The standard InChI is InChI=1S/C19H17N3O4S/c1-26-15-9-7-13(8-10-15)12-20-21-19-22(14-5-3-2-4-6-14)18(25)16(27-19)11-17(23)24/h2-10,12,16H,11H2,1H3,(H,23,24)/p-1/b20-12-,21-19+/t16-/m0/s1. The molecule has 1 amide bonds. The molecule has 0 spiro atoms. The van der Waals surface area contributed by atoms with E-state index in [1.165, 1.54) is 4.90 Å². The van der Waals surface area contributed by atoms with Gasteiger partial charge in [0.15, 0.2) is 5.17 Å². The lowest BCUT2D eigenvalue weighted by molar-refractivity contribution is -0.305. The number of carboxylic acids is 1. The Morgan fingerprint density at radius 2 is 1.93 bits per heavy atom. The molecule has 1 fully saturated rings. The highest BCUT2D eigenvalue weighted by Crippen LogP contribution is 2.33. The summed E-state index contributed by atoms with van der Waals surface area (Å²) in [4.78, 5) is 24.9. The highest BCUT2D eigenvalue weighted by atomic mass is 32.2. The van der Waals surface area contributed by atoms with E-state index in [2.05, 4.69) is 10.2 Å². The van der Waals surface area contributed by atoms with Crippen molar-refractivity contribution in [3.8, 4) is 5.75 Å². The Hall–Kier alpha value is -3.13. The van der Waals surface area contributed by atoms with Crippen LogP contribution in [0, 0.1) is 0 Å². The molecule has 1 atom stereocenters. The van der Waals surface area contributed by atoms with Gasteiger partial charge in [-0.1, -0.05) is 30.0 Å². The van der Waals surface area contributed by atoms with Crippen LogP contribution in [-0.2, 0) is 9.59 Å². The van der Waals surface area contributed by atoms with Gasteiger partial charge in [-0.2, -0.15) is 5.10 Å². The molecule has 3 rings (SSSR count). The van der Waals surface area contributed by atoms with Crippen LogP contribution in [0.15, 0.2) is 64.8 Å². The van der Waals surface area contributed by atoms with E-state index in [1.54, 1.807) is 49.7 Å². The number of anilines is 1. The van der Waals surface area contributed by atoms with E-state index in [0.717, 1.165) is 23.1 Å². The molecule has 0 saturated carbocycles. The molecule has 7 nitrogen and oxygen atoms in total. The fourth-order valence-corrected chi connectivity index (χ4v) is 3.54. The number of carbonyl (C=O) groups is 2. The molecule has 2 aromatic carbocycles. The third-order valence-corrected chi connectivity index (χ3v) is 4.89. The van der Waals surface area contributed by atoms with Gasteiger partial charge in [0.1, 0.15) is 5.75 Å². The van der Waals surface area contributed by atoms with E-state index in [-0.39, 0.29) is 12.3 Å². The SMILES string of the molecule is COc1ccc(/C=N\N=C2\S[C@@H](CC(=O)[O-])C(=O)N2c2ccccc2)cc1. The van der Waals surface area contributed by atoms with E-state index in [9.17, 15) is 14.7 Å². The van der Waals surface area contributed by atoms with Crippen molar-refractivity contribution in [1.29, 1.82) is 0 Å². The molecule has 0 aliphatic carbocycles. The van der Waals surface area contributed by atoms with Crippen LogP contribution in [-0.4, -0.2) is 35.6 Å². The molecule has 138 valence electrons. The minimum atomic E-state index is -1.28. The Bertz CT molecular complexity index is 882. The number of benzene rings is 2. The van der Waals surface area contributed by atoms with Crippen molar-refractivity contribution >= 4 is 40.7 Å². The average molecular weight is 382 g/mol. The molecular formula is C19H16N3O4S-. The zero-order valence-corrected chi connectivity index (χ0v) is 15.3. The fraction of sp³-hybridized carbons (Fsp3) is 0.158. The lowest BCUT2D eigenvalue weighted by Crippen LogP contribution is -2.35. The van der Waals surface area contributed by atoms with Gasteiger partial charge in [0.05, 0.1) is 24.3 Å². The number of carboxylic acid groups (broad SMARTS) is 1. The first kappa shape index (κ1) is 18.7. The number of carbonyl (C=O) groups excluding carboxylic acids is 2. The van der Waals surface area contributed by atoms with E-state index in [0.29, 0.717) is 10.9 Å². The monoisotopic (exact) mass is 382 g/mol.